The SMILES string of the molecule is Cc1csc(CCC[CH-]C=O)n1.[W].[Y]. The van der Waals surface area contributed by atoms with E-state index in [0.717, 1.165) is 31.2 Å². The van der Waals surface area contributed by atoms with Gasteiger partial charge in [-0.3, -0.25) is 0 Å². The van der Waals surface area contributed by atoms with Gasteiger partial charge in [0.25, 0.3) is 0 Å². The number of aryl methyl sites for hydroxylation is 2. The van der Waals surface area contributed by atoms with Crippen LogP contribution >= 0.6 is 11.3 Å². The molecule has 0 N–H and O–H groups in total. The number of hydrogen-bond acceptors (Lipinski definition) is 3. The van der Waals surface area contributed by atoms with E-state index < -0.39 is 0 Å². The first kappa shape index (κ1) is 17.4. The van der Waals surface area contributed by atoms with Crippen LogP contribution in [0.4, 0.5) is 0 Å². The summed E-state index contributed by atoms with van der Waals surface area (Å²) in [7, 11) is 0. The van der Waals surface area contributed by atoms with E-state index in [2.05, 4.69) is 10.4 Å². The van der Waals surface area contributed by atoms with Crippen molar-refractivity contribution in [1.82, 2.24) is 4.98 Å². The van der Waals surface area contributed by atoms with Crippen LogP contribution in [0.15, 0.2) is 5.38 Å². The monoisotopic (exact) mass is 455 g/mol. The van der Waals surface area contributed by atoms with Crippen molar-refractivity contribution < 1.29 is 58.6 Å². The average molecular weight is 455 g/mol. The summed E-state index contributed by atoms with van der Waals surface area (Å²) in [5.74, 6) is 0. The Hall–Kier alpha value is 0.962. The molecule has 75 valence electrons. The van der Waals surface area contributed by atoms with Gasteiger partial charge in [0.2, 0.25) is 0 Å². The summed E-state index contributed by atoms with van der Waals surface area (Å²) < 4.78 is 0. The molecule has 0 atom stereocenters. The molecule has 1 aromatic rings. The molecule has 2 nitrogen and oxygen atoms in total. The predicted octanol–water partition coefficient (Wildman–Crippen LogP) is 2.17. The Bertz CT molecular complexity index is 255. The molecule has 14 heavy (non-hydrogen) atoms. The molecule has 1 aromatic heterocycles. The van der Waals surface area contributed by atoms with Crippen molar-refractivity contribution in [3.05, 3.63) is 22.5 Å². The largest absolute Gasteiger partial charge is 0.338 e. The van der Waals surface area contributed by atoms with Crippen LogP contribution in [0.3, 0.4) is 0 Å². The Kier molecular flexibility index (Phi) is 13.0. The molecule has 0 aliphatic rings. The van der Waals surface area contributed by atoms with Crippen LogP contribution in [0.5, 0.6) is 0 Å². The molecule has 1 radical (unpaired) electrons. The zero-order valence-electron chi connectivity index (χ0n) is 8.10. The van der Waals surface area contributed by atoms with Crippen LogP contribution in [0, 0.1) is 13.3 Å². The number of aldehydes is 1. The summed E-state index contributed by atoms with van der Waals surface area (Å²) in [6.45, 7) is 2.00. The van der Waals surface area contributed by atoms with Crippen LogP contribution in [-0.4, -0.2) is 11.3 Å². The van der Waals surface area contributed by atoms with Crippen molar-refractivity contribution in [2.75, 3.05) is 0 Å². The molecular weight excluding hydrogens is 443 g/mol. The van der Waals surface area contributed by atoms with E-state index >= 15 is 0 Å². The smallest absolute Gasteiger partial charge is 0.0927 e. The van der Waals surface area contributed by atoms with Crippen LogP contribution in [0.25, 0.3) is 0 Å². The number of nitrogens with zero attached hydrogens (tertiary/aromatic N) is 1. The average Bonchev–Trinajstić information content (AvgIpc) is 2.45. The number of thiazole rings is 1. The quantitative estimate of drug-likeness (QED) is 0.388. The van der Waals surface area contributed by atoms with Crippen LogP contribution < -0.4 is 0 Å². The van der Waals surface area contributed by atoms with E-state index in [0.29, 0.717) is 0 Å². The number of carbonyl (C=O) groups excluding carboxylic acids is 1. The van der Waals surface area contributed by atoms with Crippen molar-refractivity contribution >= 4 is 17.6 Å². The van der Waals surface area contributed by atoms with Gasteiger partial charge in [0.1, 0.15) is 0 Å². The molecule has 1 heterocycles. The van der Waals surface area contributed by atoms with Crippen molar-refractivity contribution in [3.8, 4) is 0 Å². The van der Waals surface area contributed by atoms with Gasteiger partial charge in [0.05, 0.1) is 5.01 Å². The first-order valence-electron chi connectivity index (χ1n) is 4.01. The molecule has 0 aliphatic heterocycles. The fraction of sp³-hybridized carbons (Fsp3) is 0.444. The maximum absolute atomic E-state index is 9.95. The first-order valence-corrected chi connectivity index (χ1v) is 4.89. The second-order valence-electron chi connectivity index (χ2n) is 2.65. The third-order valence-electron chi connectivity index (χ3n) is 1.52. The van der Waals surface area contributed by atoms with Gasteiger partial charge in [-0.25, -0.2) is 4.98 Å². The number of aromatic nitrogens is 1. The van der Waals surface area contributed by atoms with E-state index in [9.17, 15) is 4.79 Å². The Balaban J connectivity index is 0. The molecule has 0 unspecified atom stereocenters. The second-order valence-corrected chi connectivity index (χ2v) is 3.59. The summed E-state index contributed by atoms with van der Waals surface area (Å²) >= 11 is 1.69. The van der Waals surface area contributed by atoms with Crippen LogP contribution in [0.2, 0.25) is 0 Å². The van der Waals surface area contributed by atoms with E-state index in [1.807, 2.05) is 6.92 Å². The summed E-state index contributed by atoms with van der Waals surface area (Å²) in [5, 5.41) is 3.23. The molecule has 0 saturated carbocycles. The predicted molar refractivity (Wildman–Crippen MR) is 50.2 cm³/mol. The maximum Gasteiger partial charge on any atom is 0.0927 e. The molecular formula is C9H12NOSWY-. The van der Waals surface area contributed by atoms with Crippen LogP contribution in [0.1, 0.15) is 23.5 Å². The van der Waals surface area contributed by atoms with E-state index in [1.54, 1.807) is 17.8 Å². The van der Waals surface area contributed by atoms with E-state index in [4.69, 9.17) is 0 Å². The van der Waals surface area contributed by atoms with Gasteiger partial charge in [-0.15, -0.1) is 11.3 Å². The molecule has 5 heteroatoms. The van der Waals surface area contributed by atoms with Gasteiger partial charge in [0.15, 0.2) is 0 Å². The molecule has 1 rings (SSSR count). The Morgan fingerprint density at radius 2 is 2.36 bits per heavy atom. The Morgan fingerprint density at radius 1 is 1.64 bits per heavy atom. The van der Waals surface area contributed by atoms with Gasteiger partial charge in [-0.1, -0.05) is 6.42 Å². The minimum absolute atomic E-state index is 0. The van der Waals surface area contributed by atoms with Crippen LogP contribution in [-0.2, 0) is 65.0 Å². The number of rotatable bonds is 5. The van der Waals surface area contributed by atoms with Crippen molar-refractivity contribution in [2.24, 2.45) is 0 Å². The maximum atomic E-state index is 9.95. The molecule has 0 bridgehead atoms. The first-order chi connectivity index (χ1) is 5.83. The van der Waals surface area contributed by atoms with Gasteiger partial charge in [-0.2, -0.15) is 6.42 Å². The second kappa shape index (κ2) is 10.5. The van der Waals surface area contributed by atoms with Gasteiger partial charge in [-0.05, 0) is 19.6 Å². The van der Waals surface area contributed by atoms with Gasteiger partial charge in [0, 0.05) is 64.8 Å². The topological polar surface area (TPSA) is 30.0 Å². The minimum atomic E-state index is 0. The van der Waals surface area contributed by atoms with Crippen molar-refractivity contribution in [2.45, 2.75) is 26.2 Å². The number of hydrogen-bond donors (Lipinski definition) is 0. The van der Waals surface area contributed by atoms with Gasteiger partial charge < -0.3 is 11.2 Å². The third-order valence-corrected chi connectivity index (χ3v) is 2.55. The summed E-state index contributed by atoms with van der Waals surface area (Å²) in [4.78, 5) is 14.3. The van der Waals surface area contributed by atoms with Crippen molar-refractivity contribution in [3.63, 3.8) is 0 Å². The molecule has 0 fully saturated rings. The number of unbranched alkanes of at least 4 members (excludes halogenated alkanes) is 2. The number of carbonyl (C=O) groups is 1. The summed E-state index contributed by atoms with van der Waals surface area (Å²) in [6.07, 6.45) is 5.38. The molecule has 0 aliphatic carbocycles. The van der Waals surface area contributed by atoms with Gasteiger partial charge >= 0.3 is 0 Å². The van der Waals surface area contributed by atoms with Crippen molar-refractivity contribution in [1.29, 1.82) is 0 Å². The zero-order valence-corrected chi connectivity index (χ0v) is 14.7. The summed E-state index contributed by atoms with van der Waals surface area (Å²) in [5.41, 5.74) is 1.09. The molecule has 0 amide bonds. The zero-order chi connectivity index (χ0) is 8.81. The normalized spacial score (nSPS) is 8.36. The molecule has 0 aromatic carbocycles. The fourth-order valence-electron chi connectivity index (χ4n) is 0.957. The van der Waals surface area contributed by atoms with E-state index in [-0.39, 0.29) is 53.8 Å². The Labute approximate surface area is 128 Å². The molecule has 0 saturated heterocycles. The fourth-order valence-corrected chi connectivity index (χ4v) is 1.77. The minimum Gasteiger partial charge on any atom is -0.338 e. The Morgan fingerprint density at radius 3 is 2.86 bits per heavy atom. The van der Waals surface area contributed by atoms with E-state index in [1.165, 1.54) is 5.01 Å². The standard InChI is InChI=1S/C9H12NOS.W.Y/c1-8-7-12-9(10-8)5-3-2-4-6-11;;/h4,6-7H,2-3,5H2,1H3;;/q-1;;. The molecule has 0 spiro atoms. The third kappa shape index (κ3) is 7.28. The summed E-state index contributed by atoms with van der Waals surface area (Å²) in [6, 6.07) is 0.